The zero-order valence-corrected chi connectivity index (χ0v) is 23.8. The Morgan fingerprint density at radius 1 is 0.730 bits per heavy atom. The van der Waals surface area contributed by atoms with Crippen molar-refractivity contribution in [2.75, 3.05) is 13.7 Å². The molecule has 206 valence electrons. The van der Waals surface area contributed by atoms with Crippen molar-refractivity contribution in [1.82, 2.24) is 4.90 Å². The third-order valence-electron chi connectivity index (χ3n) is 7.86. The van der Waals surface area contributed by atoms with Crippen molar-refractivity contribution in [3.05, 3.63) is 71.8 Å². The highest BCUT2D eigenvalue weighted by Gasteiger charge is 2.48. The van der Waals surface area contributed by atoms with Crippen LogP contribution >= 0.6 is 0 Å². The summed E-state index contributed by atoms with van der Waals surface area (Å²) in [5, 5.41) is 0. The van der Waals surface area contributed by atoms with Crippen LogP contribution < -0.4 is 0 Å². The summed E-state index contributed by atoms with van der Waals surface area (Å²) >= 11 is 0. The molecule has 5 atom stereocenters. The Morgan fingerprint density at radius 3 is 1.89 bits per heavy atom. The van der Waals surface area contributed by atoms with Gasteiger partial charge in [-0.05, 0) is 37.9 Å². The van der Waals surface area contributed by atoms with Crippen molar-refractivity contribution < 1.29 is 14.2 Å². The van der Waals surface area contributed by atoms with E-state index in [0.29, 0.717) is 19.3 Å². The first-order chi connectivity index (χ1) is 18.1. The first-order valence-corrected chi connectivity index (χ1v) is 14.8. The van der Waals surface area contributed by atoms with Gasteiger partial charge in [-0.15, -0.1) is 0 Å². The molecular weight excluding hydrogens is 458 g/mol. The second kappa shape index (κ2) is 17.0. The van der Waals surface area contributed by atoms with Gasteiger partial charge in [0.15, 0.2) is 0 Å². The van der Waals surface area contributed by atoms with Gasteiger partial charge < -0.3 is 14.2 Å². The maximum atomic E-state index is 6.71. The van der Waals surface area contributed by atoms with E-state index < -0.39 is 0 Å². The number of hydrogen-bond acceptors (Lipinski definition) is 4. The van der Waals surface area contributed by atoms with E-state index in [1.54, 1.807) is 0 Å². The van der Waals surface area contributed by atoms with Crippen LogP contribution in [0.2, 0.25) is 0 Å². The fourth-order valence-corrected chi connectivity index (χ4v) is 5.44. The van der Waals surface area contributed by atoms with Gasteiger partial charge in [-0.25, -0.2) is 0 Å². The summed E-state index contributed by atoms with van der Waals surface area (Å²) in [7, 11) is 2.26. The minimum absolute atomic E-state index is 0.00439. The highest BCUT2D eigenvalue weighted by atomic mass is 16.6. The van der Waals surface area contributed by atoms with Crippen LogP contribution in [0, 0.1) is 0 Å². The van der Waals surface area contributed by atoms with Crippen molar-refractivity contribution in [2.24, 2.45) is 0 Å². The second-order valence-electron chi connectivity index (χ2n) is 10.8. The normalized spacial score (nSPS) is 22.5. The maximum absolute atomic E-state index is 6.71. The Morgan fingerprint density at radius 2 is 1.30 bits per heavy atom. The predicted molar refractivity (Wildman–Crippen MR) is 154 cm³/mol. The van der Waals surface area contributed by atoms with E-state index in [9.17, 15) is 0 Å². The highest BCUT2D eigenvalue weighted by Crippen LogP contribution is 2.34. The number of benzene rings is 2. The molecule has 0 radical (unpaired) electrons. The average molecular weight is 510 g/mol. The number of hydrogen-bond donors (Lipinski definition) is 0. The van der Waals surface area contributed by atoms with E-state index in [0.717, 1.165) is 19.4 Å². The van der Waals surface area contributed by atoms with Crippen LogP contribution in [0.5, 0.6) is 0 Å². The van der Waals surface area contributed by atoms with Crippen molar-refractivity contribution in [1.29, 1.82) is 0 Å². The Bertz CT molecular complexity index is 830. The molecule has 0 saturated heterocycles. The number of unbranched alkanes of at least 4 members (excludes halogenated alkanes) is 5. The molecule has 5 unspecified atom stereocenters. The monoisotopic (exact) mass is 509 g/mol. The number of ether oxygens (including phenoxy) is 3. The van der Waals surface area contributed by atoms with Gasteiger partial charge in [-0.3, -0.25) is 4.90 Å². The summed E-state index contributed by atoms with van der Waals surface area (Å²) in [6.45, 7) is 8.90. The van der Waals surface area contributed by atoms with Gasteiger partial charge in [0.2, 0.25) is 0 Å². The molecule has 0 N–H and O–H groups in total. The lowest BCUT2D eigenvalue weighted by atomic mass is 10.0. The first kappa shape index (κ1) is 29.8. The number of likely N-dealkylation sites (N-methyl/N-ethyl adjacent to an activating group) is 1. The molecule has 37 heavy (non-hydrogen) atoms. The fraction of sp³-hybridized carbons (Fsp3) is 0.636. The van der Waals surface area contributed by atoms with Crippen LogP contribution in [0.1, 0.15) is 89.7 Å². The average Bonchev–Trinajstić information content (AvgIpc) is 3.29. The molecule has 1 saturated carbocycles. The Kier molecular flexibility index (Phi) is 13.7. The van der Waals surface area contributed by atoms with Crippen molar-refractivity contribution in [2.45, 2.75) is 122 Å². The molecule has 0 aromatic heterocycles. The van der Waals surface area contributed by atoms with Gasteiger partial charge in [0.25, 0.3) is 0 Å². The molecule has 1 aliphatic carbocycles. The summed E-state index contributed by atoms with van der Waals surface area (Å²) in [6, 6.07) is 21.6. The molecule has 4 nitrogen and oxygen atoms in total. The van der Waals surface area contributed by atoms with Crippen LogP contribution in [0.4, 0.5) is 0 Å². The summed E-state index contributed by atoms with van der Waals surface area (Å²) in [6.07, 6.45) is 10.8. The topological polar surface area (TPSA) is 30.9 Å². The molecule has 0 amide bonds. The van der Waals surface area contributed by atoms with Crippen molar-refractivity contribution in [3.8, 4) is 0 Å². The van der Waals surface area contributed by atoms with Crippen LogP contribution in [-0.2, 0) is 27.4 Å². The molecule has 0 heterocycles. The molecule has 2 aromatic carbocycles. The zero-order chi connectivity index (χ0) is 26.3. The zero-order valence-electron chi connectivity index (χ0n) is 23.8. The molecule has 1 aliphatic rings. The lowest BCUT2D eigenvalue weighted by Crippen LogP contribution is -2.51. The van der Waals surface area contributed by atoms with E-state index >= 15 is 0 Å². The first-order valence-electron chi connectivity index (χ1n) is 14.8. The Labute approximate surface area is 226 Å². The predicted octanol–water partition coefficient (Wildman–Crippen LogP) is 7.80. The molecule has 0 spiro atoms. The van der Waals surface area contributed by atoms with Gasteiger partial charge in [0, 0.05) is 19.1 Å². The van der Waals surface area contributed by atoms with E-state index in [1.807, 2.05) is 0 Å². The molecule has 3 rings (SSSR count). The Balaban J connectivity index is 1.74. The second-order valence-corrected chi connectivity index (χ2v) is 10.8. The smallest absolute Gasteiger partial charge is 0.102 e. The third kappa shape index (κ3) is 9.83. The summed E-state index contributed by atoms with van der Waals surface area (Å²) in [5.41, 5.74) is 2.42. The van der Waals surface area contributed by atoms with Gasteiger partial charge in [0.05, 0.1) is 31.5 Å². The highest BCUT2D eigenvalue weighted by molar-refractivity contribution is 5.15. The SMILES string of the molecule is CCCCCCCOC1C(OCc2ccccc2)CC(OCc2ccccc2)C1N(C)C(C)CCCC. The molecule has 4 heteroatoms. The lowest BCUT2D eigenvalue weighted by Gasteiger charge is -2.38. The van der Waals surface area contributed by atoms with Gasteiger partial charge in [-0.1, -0.05) is 113 Å². The van der Waals surface area contributed by atoms with Crippen LogP contribution in [0.3, 0.4) is 0 Å². The van der Waals surface area contributed by atoms with Crippen LogP contribution in [0.25, 0.3) is 0 Å². The minimum Gasteiger partial charge on any atom is -0.374 e. The molecule has 2 aromatic rings. The minimum atomic E-state index is 0.00439. The quantitative estimate of drug-likeness (QED) is 0.192. The van der Waals surface area contributed by atoms with E-state index in [1.165, 1.54) is 56.1 Å². The van der Waals surface area contributed by atoms with E-state index in [-0.39, 0.29) is 24.4 Å². The number of rotatable bonds is 18. The molecule has 1 fully saturated rings. The molecule has 0 aliphatic heterocycles. The van der Waals surface area contributed by atoms with E-state index in [4.69, 9.17) is 14.2 Å². The van der Waals surface area contributed by atoms with E-state index in [2.05, 4.69) is 93.4 Å². The van der Waals surface area contributed by atoms with Crippen molar-refractivity contribution >= 4 is 0 Å². The summed E-state index contributed by atoms with van der Waals surface area (Å²) < 4.78 is 19.9. The number of nitrogens with zero attached hydrogens (tertiary/aromatic N) is 1. The molecular formula is C33H51NO3. The fourth-order valence-electron chi connectivity index (χ4n) is 5.44. The Hall–Kier alpha value is -1.72. The molecule has 0 bridgehead atoms. The standard InChI is InChI=1S/C33H51NO3/c1-5-7-9-10-17-23-35-33-31(37-26-29-21-15-12-16-22-29)24-30(36-25-28-19-13-11-14-20-28)32(33)34(4)27(3)18-8-6-2/h11-16,19-22,27,30-33H,5-10,17-18,23-26H2,1-4H3. The largest absolute Gasteiger partial charge is 0.374 e. The summed E-state index contributed by atoms with van der Waals surface area (Å²) in [5.74, 6) is 0. The van der Waals surface area contributed by atoms with Crippen molar-refractivity contribution in [3.63, 3.8) is 0 Å². The van der Waals surface area contributed by atoms with Gasteiger partial charge in [-0.2, -0.15) is 0 Å². The third-order valence-corrected chi connectivity index (χ3v) is 7.86. The summed E-state index contributed by atoms with van der Waals surface area (Å²) in [4.78, 5) is 2.53. The van der Waals surface area contributed by atoms with Gasteiger partial charge in [0.1, 0.15) is 6.10 Å². The maximum Gasteiger partial charge on any atom is 0.102 e. The van der Waals surface area contributed by atoms with Crippen LogP contribution in [0.15, 0.2) is 60.7 Å². The lowest BCUT2D eigenvalue weighted by molar-refractivity contribution is -0.0951. The van der Waals surface area contributed by atoms with Gasteiger partial charge >= 0.3 is 0 Å². The van der Waals surface area contributed by atoms with Crippen LogP contribution in [-0.4, -0.2) is 49.0 Å².